The van der Waals surface area contributed by atoms with E-state index in [4.69, 9.17) is 11.6 Å². The quantitative estimate of drug-likeness (QED) is 0.910. The molecule has 2 heterocycles. The molecule has 0 saturated heterocycles. The molecule has 0 aliphatic carbocycles. The Morgan fingerprint density at radius 1 is 1.42 bits per heavy atom. The molecule has 0 saturated carbocycles. The van der Waals surface area contributed by atoms with E-state index in [9.17, 15) is 0 Å². The maximum Gasteiger partial charge on any atom is 0.0847 e. The smallest absolute Gasteiger partial charge is 0.0847 e. The number of aryl methyl sites for hydroxylation is 2. The van der Waals surface area contributed by atoms with Crippen LogP contribution in [0.2, 0.25) is 5.02 Å². The van der Waals surface area contributed by atoms with Gasteiger partial charge < -0.3 is 5.32 Å². The monoisotopic (exact) mass is 279 g/mol. The van der Waals surface area contributed by atoms with Gasteiger partial charge in [-0.15, -0.1) is 0 Å². The Balaban J connectivity index is 2.26. The number of nitrogens with one attached hydrogen (secondary N) is 1. The third-order valence-corrected chi connectivity index (χ3v) is 3.61. The lowest BCUT2D eigenvalue weighted by molar-refractivity contribution is 0.526. The molecule has 0 radical (unpaired) electrons. The van der Waals surface area contributed by atoms with Crippen LogP contribution in [0.1, 0.15) is 29.9 Å². The average Bonchev–Trinajstić information content (AvgIpc) is 2.65. The van der Waals surface area contributed by atoms with Crippen LogP contribution in [0.25, 0.3) is 0 Å². The van der Waals surface area contributed by atoms with Crippen LogP contribution in [-0.2, 0) is 13.5 Å². The molecular weight excluding hydrogens is 262 g/mol. The van der Waals surface area contributed by atoms with Crippen LogP contribution in [-0.4, -0.2) is 26.5 Å². The van der Waals surface area contributed by atoms with Crippen LogP contribution in [0.4, 0.5) is 0 Å². The van der Waals surface area contributed by atoms with Crippen LogP contribution >= 0.6 is 11.6 Å². The van der Waals surface area contributed by atoms with Gasteiger partial charge in [0, 0.05) is 25.7 Å². The second kappa shape index (κ2) is 6.12. The number of halogens is 1. The summed E-state index contributed by atoms with van der Waals surface area (Å²) in [6.45, 7) is 4.88. The van der Waals surface area contributed by atoms with Gasteiger partial charge in [0.1, 0.15) is 0 Å². The van der Waals surface area contributed by atoms with Crippen LogP contribution in [0, 0.1) is 6.92 Å². The topological polar surface area (TPSA) is 55.6 Å². The zero-order valence-corrected chi connectivity index (χ0v) is 12.1. The lowest BCUT2D eigenvalue weighted by atomic mass is 10.0. The van der Waals surface area contributed by atoms with Crippen molar-refractivity contribution in [1.29, 1.82) is 0 Å². The molecule has 0 bridgehead atoms. The van der Waals surface area contributed by atoms with E-state index in [1.54, 1.807) is 12.4 Å². The molecule has 102 valence electrons. The standard InChI is InChI=1S/C13H18ClN5/c1-4-15-11(10-5-6-16-17-8-10)7-12-13(14)9(2)18-19(12)3/h5-6,8,11,15H,4,7H2,1-3H3. The number of hydrogen-bond acceptors (Lipinski definition) is 4. The highest BCUT2D eigenvalue weighted by Gasteiger charge is 2.18. The number of aromatic nitrogens is 4. The lowest BCUT2D eigenvalue weighted by Gasteiger charge is -2.18. The molecule has 1 unspecified atom stereocenters. The largest absolute Gasteiger partial charge is 0.310 e. The molecule has 2 aromatic rings. The van der Waals surface area contributed by atoms with E-state index in [0.717, 1.165) is 34.9 Å². The molecule has 6 heteroatoms. The Kier molecular flexibility index (Phi) is 4.50. The van der Waals surface area contributed by atoms with Gasteiger partial charge in [-0.25, -0.2) is 0 Å². The van der Waals surface area contributed by atoms with Crippen LogP contribution in [0.5, 0.6) is 0 Å². The van der Waals surface area contributed by atoms with Crippen molar-refractivity contribution in [3.8, 4) is 0 Å². The molecule has 0 fully saturated rings. The second-order valence-corrected chi connectivity index (χ2v) is 4.84. The number of likely N-dealkylation sites (N-methyl/N-ethyl adjacent to an activating group) is 1. The van der Waals surface area contributed by atoms with Crippen molar-refractivity contribution >= 4 is 11.6 Å². The first-order valence-electron chi connectivity index (χ1n) is 6.31. The molecule has 0 aromatic carbocycles. The van der Waals surface area contributed by atoms with E-state index in [2.05, 4.69) is 27.5 Å². The van der Waals surface area contributed by atoms with Crippen molar-refractivity contribution in [2.24, 2.45) is 7.05 Å². The highest BCUT2D eigenvalue weighted by Crippen LogP contribution is 2.25. The van der Waals surface area contributed by atoms with Gasteiger partial charge in [0.05, 0.1) is 22.6 Å². The molecule has 0 spiro atoms. The Morgan fingerprint density at radius 2 is 2.21 bits per heavy atom. The van der Waals surface area contributed by atoms with Gasteiger partial charge in [-0.1, -0.05) is 18.5 Å². The summed E-state index contributed by atoms with van der Waals surface area (Å²) in [4.78, 5) is 0. The minimum atomic E-state index is 0.160. The van der Waals surface area contributed by atoms with E-state index in [0.29, 0.717) is 0 Å². The Morgan fingerprint density at radius 3 is 2.74 bits per heavy atom. The first kappa shape index (κ1) is 14.0. The summed E-state index contributed by atoms with van der Waals surface area (Å²) in [6, 6.07) is 2.13. The van der Waals surface area contributed by atoms with E-state index < -0.39 is 0 Å². The summed E-state index contributed by atoms with van der Waals surface area (Å²) >= 11 is 6.31. The van der Waals surface area contributed by atoms with Crippen molar-refractivity contribution in [3.63, 3.8) is 0 Å². The molecule has 0 amide bonds. The van der Waals surface area contributed by atoms with Gasteiger partial charge in [-0.2, -0.15) is 15.3 Å². The van der Waals surface area contributed by atoms with Gasteiger partial charge >= 0.3 is 0 Å². The van der Waals surface area contributed by atoms with Crippen molar-refractivity contribution in [2.45, 2.75) is 26.3 Å². The van der Waals surface area contributed by atoms with Gasteiger partial charge in [0.15, 0.2) is 0 Å². The fourth-order valence-electron chi connectivity index (χ4n) is 2.16. The number of hydrogen-bond donors (Lipinski definition) is 1. The van der Waals surface area contributed by atoms with Crippen molar-refractivity contribution in [3.05, 3.63) is 40.4 Å². The summed E-state index contributed by atoms with van der Waals surface area (Å²) in [7, 11) is 1.92. The van der Waals surface area contributed by atoms with Gasteiger partial charge in [0.2, 0.25) is 0 Å². The van der Waals surface area contributed by atoms with Gasteiger partial charge in [-0.05, 0) is 25.1 Å². The maximum absolute atomic E-state index is 6.31. The first-order valence-corrected chi connectivity index (χ1v) is 6.69. The fourth-order valence-corrected chi connectivity index (χ4v) is 2.39. The zero-order valence-electron chi connectivity index (χ0n) is 11.4. The van der Waals surface area contributed by atoms with E-state index in [-0.39, 0.29) is 6.04 Å². The second-order valence-electron chi connectivity index (χ2n) is 4.46. The predicted molar refractivity (Wildman–Crippen MR) is 75.1 cm³/mol. The first-order chi connectivity index (χ1) is 9.13. The van der Waals surface area contributed by atoms with Crippen molar-refractivity contribution in [2.75, 3.05) is 6.54 Å². The molecular formula is C13H18ClN5. The molecule has 1 atom stereocenters. The summed E-state index contributed by atoms with van der Waals surface area (Å²) in [5, 5.41) is 16.3. The molecule has 5 nitrogen and oxygen atoms in total. The number of nitrogens with zero attached hydrogens (tertiary/aromatic N) is 4. The Bertz CT molecular complexity index is 537. The Hall–Kier alpha value is -1.46. The molecule has 0 aliphatic heterocycles. The van der Waals surface area contributed by atoms with Crippen molar-refractivity contribution in [1.82, 2.24) is 25.3 Å². The molecule has 2 aromatic heterocycles. The summed E-state index contributed by atoms with van der Waals surface area (Å²) in [6.07, 6.45) is 4.26. The molecule has 1 N–H and O–H groups in total. The summed E-state index contributed by atoms with van der Waals surface area (Å²) < 4.78 is 1.84. The molecule has 2 rings (SSSR count). The molecule has 19 heavy (non-hydrogen) atoms. The Labute approximate surface area is 118 Å². The minimum absolute atomic E-state index is 0.160. The highest BCUT2D eigenvalue weighted by atomic mass is 35.5. The lowest BCUT2D eigenvalue weighted by Crippen LogP contribution is -2.24. The summed E-state index contributed by atoms with van der Waals surface area (Å²) in [5.74, 6) is 0. The summed E-state index contributed by atoms with van der Waals surface area (Å²) in [5.41, 5.74) is 3.00. The minimum Gasteiger partial charge on any atom is -0.310 e. The third kappa shape index (κ3) is 3.11. The van der Waals surface area contributed by atoms with E-state index in [1.165, 1.54) is 0 Å². The van der Waals surface area contributed by atoms with Crippen molar-refractivity contribution < 1.29 is 0 Å². The van der Waals surface area contributed by atoms with Gasteiger partial charge in [0.25, 0.3) is 0 Å². The van der Waals surface area contributed by atoms with Gasteiger partial charge in [-0.3, -0.25) is 4.68 Å². The van der Waals surface area contributed by atoms with Crippen LogP contribution in [0.15, 0.2) is 18.5 Å². The number of rotatable bonds is 5. The maximum atomic E-state index is 6.31. The highest BCUT2D eigenvalue weighted by molar-refractivity contribution is 6.31. The van der Waals surface area contributed by atoms with Crippen LogP contribution in [0.3, 0.4) is 0 Å². The predicted octanol–water partition coefficient (Wildman–Crippen LogP) is 2.07. The fraction of sp³-hybridized carbons (Fsp3) is 0.462. The van der Waals surface area contributed by atoms with Crippen LogP contribution < -0.4 is 5.32 Å². The molecule has 0 aliphatic rings. The average molecular weight is 280 g/mol. The normalized spacial score (nSPS) is 12.6. The van der Waals surface area contributed by atoms with E-state index in [1.807, 2.05) is 24.7 Å². The third-order valence-electron chi connectivity index (χ3n) is 3.12. The zero-order chi connectivity index (χ0) is 13.8. The van der Waals surface area contributed by atoms with E-state index >= 15 is 0 Å². The SMILES string of the molecule is CCNC(Cc1c(Cl)c(C)nn1C)c1ccnnc1.